The lowest BCUT2D eigenvalue weighted by atomic mass is 10.2. The van der Waals surface area contributed by atoms with Gasteiger partial charge in [-0.05, 0) is 12.1 Å². The molecule has 4 nitrogen and oxygen atoms in total. The van der Waals surface area contributed by atoms with E-state index in [1.807, 2.05) is 34.9 Å². The zero-order chi connectivity index (χ0) is 11.0. The number of nitrogens with zero attached hydrogens (tertiary/aromatic N) is 4. The smallest absolute Gasteiger partial charge is 0.179 e. The van der Waals surface area contributed by atoms with Crippen molar-refractivity contribution in [1.82, 2.24) is 19.6 Å². The average Bonchev–Trinajstić information content (AvgIpc) is 2.77. The van der Waals surface area contributed by atoms with Crippen LogP contribution >= 0.6 is 11.6 Å². The summed E-state index contributed by atoms with van der Waals surface area (Å²) in [5.41, 5.74) is 2.61. The molecule has 0 N–H and O–H groups in total. The van der Waals surface area contributed by atoms with Crippen LogP contribution in [0, 0.1) is 0 Å². The van der Waals surface area contributed by atoms with Crippen LogP contribution in [0.1, 0.15) is 0 Å². The minimum Gasteiger partial charge on any atom is -0.286 e. The van der Waals surface area contributed by atoms with Crippen molar-refractivity contribution in [1.29, 1.82) is 0 Å². The van der Waals surface area contributed by atoms with Crippen LogP contribution in [-0.2, 0) is 0 Å². The maximum Gasteiger partial charge on any atom is 0.179 e. The Bertz CT molecular complexity index is 630. The predicted molar refractivity (Wildman–Crippen MR) is 61.2 cm³/mol. The molecule has 0 radical (unpaired) electrons. The minimum absolute atomic E-state index is 0.717. The molecular formula is C11H7ClN4. The van der Waals surface area contributed by atoms with Gasteiger partial charge in [0, 0.05) is 16.8 Å². The van der Waals surface area contributed by atoms with E-state index >= 15 is 0 Å². The van der Waals surface area contributed by atoms with E-state index in [0.29, 0.717) is 5.02 Å². The molecule has 0 saturated heterocycles. The summed E-state index contributed by atoms with van der Waals surface area (Å²) in [5.74, 6) is 0. The Hall–Kier alpha value is -1.94. The van der Waals surface area contributed by atoms with E-state index < -0.39 is 0 Å². The lowest BCUT2D eigenvalue weighted by Gasteiger charge is -2.01. The predicted octanol–water partition coefficient (Wildman–Crippen LogP) is 2.44. The molecule has 16 heavy (non-hydrogen) atoms. The monoisotopic (exact) mass is 230 g/mol. The molecule has 0 aliphatic rings. The number of benzene rings is 1. The first-order valence-corrected chi connectivity index (χ1v) is 5.12. The summed E-state index contributed by atoms with van der Waals surface area (Å²) in [6.45, 7) is 0. The van der Waals surface area contributed by atoms with Crippen molar-refractivity contribution in [2.24, 2.45) is 0 Å². The fourth-order valence-electron chi connectivity index (χ4n) is 1.51. The second kappa shape index (κ2) is 3.57. The fraction of sp³-hybridized carbons (Fsp3) is 0. The molecule has 2 heterocycles. The van der Waals surface area contributed by atoms with Gasteiger partial charge in [0.1, 0.15) is 6.33 Å². The highest BCUT2D eigenvalue weighted by atomic mass is 35.5. The Balaban J connectivity index is 2.14. The fourth-order valence-corrected chi connectivity index (χ4v) is 1.63. The molecule has 0 unspecified atom stereocenters. The van der Waals surface area contributed by atoms with Crippen molar-refractivity contribution in [2.75, 3.05) is 0 Å². The summed E-state index contributed by atoms with van der Waals surface area (Å²) in [4.78, 5) is 4.31. The molecule has 5 heteroatoms. The zero-order valence-electron chi connectivity index (χ0n) is 8.21. The lowest BCUT2D eigenvalue weighted by Crippen LogP contribution is -1.89. The average molecular weight is 231 g/mol. The van der Waals surface area contributed by atoms with Gasteiger partial charge >= 0.3 is 0 Å². The van der Waals surface area contributed by atoms with Gasteiger partial charge in [0.05, 0.1) is 11.9 Å². The number of hydrogen-bond donors (Lipinski definition) is 0. The molecule has 0 fully saturated rings. The van der Waals surface area contributed by atoms with Gasteiger partial charge in [-0.1, -0.05) is 23.7 Å². The van der Waals surface area contributed by atoms with E-state index in [2.05, 4.69) is 15.2 Å². The number of hydrogen-bond acceptors (Lipinski definition) is 3. The van der Waals surface area contributed by atoms with Crippen LogP contribution in [0.4, 0.5) is 0 Å². The van der Waals surface area contributed by atoms with Crippen LogP contribution in [0.3, 0.4) is 0 Å². The first-order chi connectivity index (χ1) is 7.83. The maximum atomic E-state index is 5.83. The van der Waals surface area contributed by atoms with Gasteiger partial charge in [-0.2, -0.15) is 0 Å². The van der Waals surface area contributed by atoms with Gasteiger partial charge in [0.15, 0.2) is 5.65 Å². The zero-order valence-corrected chi connectivity index (χ0v) is 8.96. The molecule has 2 aromatic heterocycles. The van der Waals surface area contributed by atoms with Crippen LogP contribution in [-0.4, -0.2) is 19.6 Å². The molecule has 3 aromatic rings. The lowest BCUT2D eigenvalue weighted by molar-refractivity contribution is 1.10. The second-order valence-corrected chi connectivity index (χ2v) is 3.81. The Labute approximate surface area is 96.5 Å². The summed E-state index contributed by atoms with van der Waals surface area (Å²) in [5, 5.41) is 8.42. The van der Waals surface area contributed by atoms with Gasteiger partial charge in [0.2, 0.25) is 0 Å². The van der Waals surface area contributed by atoms with Crippen molar-refractivity contribution in [3.05, 3.63) is 48.0 Å². The maximum absolute atomic E-state index is 5.83. The topological polar surface area (TPSA) is 43.1 Å². The molecule has 0 amide bonds. The highest BCUT2D eigenvalue weighted by Gasteiger charge is 2.01. The summed E-state index contributed by atoms with van der Waals surface area (Å²) < 4.78 is 1.83. The second-order valence-electron chi connectivity index (χ2n) is 3.38. The standard InChI is InChI=1S/C11H7ClN4/c12-9-3-1-8(2-4-9)10-6-16-7-14-15-11(16)5-13-10/h1-7H. The quantitative estimate of drug-likeness (QED) is 0.645. The molecule has 0 bridgehead atoms. The van der Waals surface area contributed by atoms with Crippen LogP contribution in [0.2, 0.25) is 5.02 Å². The Morgan fingerprint density at radius 2 is 1.94 bits per heavy atom. The Morgan fingerprint density at radius 1 is 1.12 bits per heavy atom. The van der Waals surface area contributed by atoms with E-state index in [4.69, 9.17) is 11.6 Å². The van der Waals surface area contributed by atoms with Crippen molar-refractivity contribution in [2.45, 2.75) is 0 Å². The molecule has 78 valence electrons. The van der Waals surface area contributed by atoms with E-state index in [0.717, 1.165) is 16.9 Å². The van der Waals surface area contributed by atoms with Crippen molar-refractivity contribution < 1.29 is 0 Å². The Kier molecular flexibility index (Phi) is 2.08. The number of rotatable bonds is 1. The third-order valence-corrected chi connectivity index (χ3v) is 2.57. The highest BCUT2D eigenvalue weighted by molar-refractivity contribution is 6.30. The van der Waals surface area contributed by atoms with E-state index in [-0.39, 0.29) is 0 Å². The third kappa shape index (κ3) is 1.53. The number of fused-ring (bicyclic) bond motifs is 1. The summed E-state index contributed by atoms with van der Waals surface area (Å²) in [6, 6.07) is 7.55. The molecular weight excluding hydrogens is 224 g/mol. The van der Waals surface area contributed by atoms with Crippen LogP contribution in [0.5, 0.6) is 0 Å². The summed E-state index contributed by atoms with van der Waals surface area (Å²) in [7, 11) is 0. The highest BCUT2D eigenvalue weighted by Crippen LogP contribution is 2.19. The molecule has 0 saturated carbocycles. The van der Waals surface area contributed by atoms with Crippen LogP contribution in [0.25, 0.3) is 16.9 Å². The van der Waals surface area contributed by atoms with Crippen molar-refractivity contribution in [3.8, 4) is 11.3 Å². The number of halogens is 1. The first-order valence-electron chi connectivity index (χ1n) is 4.74. The molecule has 0 aliphatic carbocycles. The largest absolute Gasteiger partial charge is 0.286 e. The normalized spacial score (nSPS) is 10.8. The molecule has 3 rings (SSSR count). The van der Waals surface area contributed by atoms with Gasteiger partial charge in [-0.15, -0.1) is 10.2 Å². The van der Waals surface area contributed by atoms with Crippen LogP contribution in [0.15, 0.2) is 43.0 Å². The van der Waals surface area contributed by atoms with E-state index in [9.17, 15) is 0 Å². The van der Waals surface area contributed by atoms with Crippen LogP contribution < -0.4 is 0 Å². The SMILES string of the molecule is Clc1ccc(-c2cn3cnnc3cn2)cc1. The number of aromatic nitrogens is 4. The van der Waals surface area contributed by atoms with Crippen molar-refractivity contribution >= 4 is 17.2 Å². The van der Waals surface area contributed by atoms with Gasteiger partial charge in [-0.25, -0.2) is 0 Å². The molecule has 0 spiro atoms. The van der Waals surface area contributed by atoms with Gasteiger partial charge in [-0.3, -0.25) is 9.38 Å². The summed E-state index contributed by atoms with van der Waals surface area (Å²) in [6.07, 6.45) is 5.23. The van der Waals surface area contributed by atoms with Gasteiger partial charge in [0.25, 0.3) is 0 Å². The van der Waals surface area contributed by atoms with E-state index in [1.54, 1.807) is 12.5 Å². The first kappa shape index (κ1) is 9.30. The molecule has 0 aliphatic heterocycles. The minimum atomic E-state index is 0.717. The molecule has 1 aromatic carbocycles. The summed E-state index contributed by atoms with van der Waals surface area (Å²) >= 11 is 5.83. The van der Waals surface area contributed by atoms with Crippen molar-refractivity contribution in [3.63, 3.8) is 0 Å². The van der Waals surface area contributed by atoms with Gasteiger partial charge < -0.3 is 0 Å². The molecule has 0 atom stereocenters. The Morgan fingerprint density at radius 3 is 2.75 bits per heavy atom. The van der Waals surface area contributed by atoms with E-state index in [1.165, 1.54) is 0 Å². The third-order valence-electron chi connectivity index (χ3n) is 2.32.